The van der Waals surface area contributed by atoms with Gasteiger partial charge in [-0.1, -0.05) is 29.8 Å². The second-order valence-electron chi connectivity index (χ2n) is 8.76. The predicted molar refractivity (Wildman–Crippen MR) is 132 cm³/mol. The highest BCUT2D eigenvalue weighted by molar-refractivity contribution is 6.31. The average molecular weight is 486 g/mol. The highest BCUT2D eigenvalue weighted by atomic mass is 35.5. The van der Waals surface area contributed by atoms with Gasteiger partial charge in [0.15, 0.2) is 0 Å². The molecule has 0 saturated carbocycles. The standard InChI is InChI=1S/C25H32ClN5O3/c1-19-22(20(2)31(27-19)17-21-5-3-4-6-23(21)26)7-8-24(32)29-11-9-28(10-12-29)18-25(33)30-13-15-34-16-14-30/h3-8H,9-18H2,1-2H3/b8-7+. The van der Waals surface area contributed by atoms with Crippen molar-refractivity contribution in [2.75, 3.05) is 59.0 Å². The summed E-state index contributed by atoms with van der Waals surface area (Å²) < 4.78 is 7.24. The molecule has 2 aromatic rings. The summed E-state index contributed by atoms with van der Waals surface area (Å²) in [4.78, 5) is 31.1. The summed E-state index contributed by atoms with van der Waals surface area (Å²) in [5.41, 5.74) is 3.83. The maximum absolute atomic E-state index is 12.8. The van der Waals surface area contributed by atoms with Gasteiger partial charge >= 0.3 is 0 Å². The van der Waals surface area contributed by atoms with Crippen molar-refractivity contribution < 1.29 is 14.3 Å². The van der Waals surface area contributed by atoms with E-state index in [4.69, 9.17) is 16.3 Å². The van der Waals surface area contributed by atoms with Gasteiger partial charge in [0, 0.05) is 61.6 Å². The molecule has 0 N–H and O–H groups in total. The molecule has 1 aromatic heterocycles. The molecular formula is C25H32ClN5O3. The van der Waals surface area contributed by atoms with Gasteiger partial charge in [0.1, 0.15) is 0 Å². The van der Waals surface area contributed by atoms with E-state index < -0.39 is 0 Å². The van der Waals surface area contributed by atoms with Crippen LogP contribution in [0.1, 0.15) is 22.5 Å². The fourth-order valence-electron chi connectivity index (χ4n) is 4.38. The number of carbonyl (C=O) groups is 2. The number of morpholine rings is 1. The molecule has 182 valence electrons. The van der Waals surface area contributed by atoms with Gasteiger partial charge in [-0.2, -0.15) is 5.10 Å². The molecule has 0 spiro atoms. The molecule has 4 rings (SSSR count). The number of aryl methyl sites for hydroxylation is 1. The summed E-state index contributed by atoms with van der Waals surface area (Å²) in [6.45, 7) is 10.1. The molecule has 2 amide bonds. The topological polar surface area (TPSA) is 70.9 Å². The number of nitrogens with zero attached hydrogens (tertiary/aromatic N) is 5. The van der Waals surface area contributed by atoms with Crippen molar-refractivity contribution >= 4 is 29.5 Å². The number of hydrogen-bond acceptors (Lipinski definition) is 5. The van der Waals surface area contributed by atoms with Crippen LogP contribution in [0.4, 0.5) is 0 Å². The lowest BCUT2D eigenvalue weighted by molar-refractivity contribution is -0.137. The smallest absolute Gasteiger partial charge is 0.246 e. The number of piperazine rings is 1. The Hall–Kier alpha value is -2.68. The van der Waals surface area contributed by atoms with Gasteiger partial charge in [0.05, 0.1) is 32.0 Å². The lowest BCUT2D eigenvalue weighted by atomic mass is 10.1. The molecule has 34 heavy (non-hydrogen) atoms. The van der Waals surface area contributed by atoms with Crippen molar-refractivity contribution in [1.82, 2.24) is 24.5 Å². The largest absolute Gasteiger partial charge is 0.378 e. The van der Waals surface area contributed by atoms with Crippen molar-refractivity contribution in [3.63, 3.8) is 0 Å². The first-order valence-corrected chi connectivity index (χ1v) is 12.1. The van der Waals surface area contributed by atoms with Crippen molar-refractivity contribution in [2.45, 2.75) is 20.4 Å². The van der Waals surface area contributed by atoms with Crippen molar-refractivity contribution in [3.05, 3.63) is 57.9 Å². The van der Waals surface area contributed by atoms with Crippen LogP contribution in [0.3, 0.4) is 0 Å². The third-order valence-corrected chi connectivity index (χ3v) is 6.88. The number of amides is 2. The lowest BCUT2D eigenvalue weighted by Crippen LogP contribution is -2.52. The molecule has 2 fully saturated rings. The fraction of sp³-hybridized carbons (Fsp3) is 0.480. The van der Waals surface area contributed by atoms with Gasteiger partial charge in [0.2, 0.25) is 11.8 Å². The van der Waals surface area contributed by atoms with E-state index in [-0.39, 0.29) is 11.8 Å². The molecule has 0 bridgehead atoms. The summed E-state index contributed by atoms with van der Waals surface area (Å²) in [5, 5.41) is 5.36. The first-order chi connectivity index (χ1) is 16.4. The van der Waals surface area contributed by atoms with E-state index in [1.807, 2.05) is 58.7 Å². The Balaban J connectivity index is 1.31. The zero-order chi connectivity index (χ0) is 24.1. The van der Waals surface area contributed by atoms with Crippen LogP contribution in [0.15, 0.2) is 30.3 Å². The second-order valence-corrected chi connectivity index (χ2v) is 9.17. The molecule has 2 aliphatic rings. The monoisotopic (exact) mass is 485 g/mol. The van der Waals surface area contributed by atoms with Gasteiger partial charge in [-0.25, -0.2) is 0 Å². The lowest BCUT2D eigenvalue weighted by Gasteiger charge is -2.35. The Kier molecular flexibility index (Phi) is 8.03. The molecule has 0 atom stereocenters. The molecule has 0 unspecified atom stereocenters. The quantitative estimate of drug-likeness (QED) is 0.587. The second kappa shape index (κ2) is 11.2. The van der Waals surface area contributed by atoms with Crippen LogP contribution in [0.25, 0.3) is 6.08 Å². The summed E-state index contributed by atoms with van der Waals surface area (Å²) in [6, 6.07) is 7.74. The van der Waals surface area contributed by atoms with Gasteiger partial charge in [-0.05, 0) is 31.6 Å². The first-order valence-electron chi connectivity index (χ1n) is 11.7. The molecule has 1 aromatic carbocycles. The van der Waals surface area contributed by atoms with Crippen LogP contribution in [0.2, 0.25) is 5.02 Å². The Labute approximate surface area is 205 Å². The molecule has 8 nitrogen and oxygen atoms in total. The molecule has 2 saturated heterocycles. The third-order valence-electron chi connectivity index (χ3n) is 6.51. The van der Waals surface area contributed by atoms with Crippen LogP contribution < -0.4 is 0 Å². The van der Waals surface area contributed by atoms with Gasteiger partial charge in [-0.3, -0.25) is 19.2 Å². The molecule has 0 aliphatic carbocycles. The summed E-state index contributed by atoms with van der Waals surface area (Å²) >= 11 is 6.30. The van der Waals surface area contributed by atoms with Gasteiger partial charge in [0.25, 0.3) is 0 Å². The normalized spacial score (nSPS) is 17.5. The highest BCUT2D eigenvalue weighted by Gasteiger charge is 2.24. The number of hydrogen-bond donors (Lipinski definition) is 0. The fourth-order valence-corrected chi connectivity index (χ4v) is 4.58. The zero-order valence-corrected chi connectivity index (χ0v) is 20.6. The minimum atomic E-state index is -0.0168. The molecule has 9 heteroatoms. The first kappa shape index (κ1) is 24.4. The van der Waals surface area contributed by atoms with Crippen molar-refractivity contribution in [1.29, 1.82) is 0 Å². The number of carbonyl (C=O) groups excluding carboxylic acids is 2. The predicted octanol–water partition coefficient (Wildman–Crippen LogP) is 2.22. The molecule has 0 radical (unpaired) electrons. The Morgan fingerprint density at radius 2 is 1.74 bits per heavy atom. The summed E-state index contributed by atoms with van der Waals surface area (Å²) in [7, 11) is 0. The van der Waals surface area contributed by atoms with Crippen molar-refractivity contribution in [2.24, 2.45) is 0 Å². The Bertz CT molecular complexity index is 1050. The summed E-state index contributed by atoms with van der Waals surface area (Å²) in [6.07, 6.45) is 3.49. The minimum absolute atomic E-state index is 0.0168. The van der Waals surface area contributed by atoms with Crippen LogP contribution in [-0.2, 0) is 20.9 Å². The highest BCUT2D eigenvalue weighted by Crippen LogP contribution is 2.20. The van der Waals surface area contributed by atoms with Gasteiger partial charge < -0.3 is 14.5 Å². The van der Waals surface area contributed by atoms with E-state index in [9.17, 15) is 9.59 Å². The van der Waals surface area contributed by atoms with Crippen LogP contribution >= 0.6 is 11.6 Å². The number of aromatic nitrogens is 2. The maximum Gasteiger partial charge on any atom is 0.246 e. The third kappa shape index (κ3) is 5.87. The number of rotatable bonds is 6. The molecule has 3 heterocycles. The van der Waals surface area contributed by atoms with Crippen LogP contribution in [0.5, 0.6) is 0 Å². The van der Waals surface area contributed by atoms with Crippen molar-refractivity contribution in [3.8, 4) is 0 Å². The average Bonchev–Trinajstić information content (AvgIpc) is 3.12. The van der Waals surface area contributed by atoms with E-state index in [0.717, 1.165) is 22.5 Å². The molecule has 2 aliphatic heterocycles. The van der Waals surface area contributed by atoms with Crippen LogP contribution in [-0.4, -0.2) is 95.3 Å². The van der Waals surface area contributed by atoms with Gasteiger partial charge in [-0.15, -0.1) is 0 Å². The van der Waals surface area contributed by atoms with E-state index in [2.05, 4.69) is 10.00 Å². The Morgan fingerprint density at radius 1 is 1.03 bits per heavy atom. The van der Waals surface area contributed by atoms with E-state index >= 15 is 0 Å². The van der Waals surface area contributed by atoms with E-state index in [1.54, 1.807) is 6.08 Å². The number of ether oxygens (including phenoxy) is 1. The SMILES string of the molecule is Cc1nn(Cc2ccccc2Cl)c(C)c1/C=C/C(=O)N1CCN(CC(=O)N2CCOCC2)CC1. The number of halogens is 1. The van der Waals surface area contributed by atoms with E-state index in [1.165, 1.54) is 0 Å². The zero-order valence-electron chi connectivity index (χ0n) is 19.9. The molecular weight excluding hydrogens is 454 g/mol. The maximum atomic E-state index is 12.8. The van der Waals surface area contributed by atoms with E-state index in [0.29, 0.717) is 70.6 Å². The summed E-state index contributed by atoms with van der Waals surface area (Å²) in [5.74, 6) is 0.125. The van der Waals surface area contributed by atoms with Crippen LogP contribution in [0, 0.1) is 13.8 Å². The minimum Gasteiger partial charge on any atom is -0.378 e. The Morgan fingerprint density at radius 3 is 2.44 bits per heavy atom. The number of benzene rings is 1.